The van der Waals surface area contributed by atoms with E-state index in [1.807, 2.05) is 0 Å². The van der Waals surface area contributed by atoms with Gasteiger partial charge in [0, 0.05) is 0 Å². The van der Waals surface area contributed by atoms with E-state index in [-0.39, 0.29) is 11.0 Å². The molecule has 1 nitrogen and oxygen atoms in total. The molecule has 0 aromatic rings. The van der Waals surface area contributed by atoms with Crippen molar-refractivity contribution in [2.75, 3.05) is 20.6 Å². The Bertz CT molecular complexity index is 29.3. The van der Waals surface area contributed by atoms with Gasteiger partial charge in [0.2, 0.25) is 0 Å². The van der Waals surface area contributed by atoms with Gasteiger partial charge in [-0.15, -0.1) is 0 Å². The lowest BCUT2D eigenvalue weighted by molar-refractivity contribution is 0.408. The Morgan fingerprint density at radius 3 is 1.71 bits per heavy atom. The molecular formula is C5H17NSi. The average Bonchev–Trinajstić information content (AvgIpc) is 1.35. The van der Waals surface area contributed by atoms with Crippen molar-refractivity contribution in [2.24, 2.45) is 0 Å². The summed E-state index contributed by atoms with van der Waals surface area (Å²) >= 11 is 0. The largest absolute Gasteiger partial charge is 0.309 e. The molecule has 0 aromatic carbocycles. The van der Waals surface area contributed by atoms with Crippen molar-refractivity contribution in [1.82, 2.24) is 4.90 Å². The Morgan fingerprint density at radius 1 is 1.29 bits per heavy atom. The Morgan fingerprint density at radius 2 is 1.71 bits per heavy atom. The van der Waals surface area contributed by atoms with E-state index in [1.165, 1.54) is 13.0 Å². The van der Waals surface area contributed by atoms with Crippen LogP contribution in [0, 0.1) is 0 Å². The standard InChI is InChI=1S/C5H13N.H4Si/c1-4-5-6(2)3;/h4-5H2,1-3H3;1H4. The second kappa shape index (κ2) is 6.18. The molecule has 0 aromatic heterocycles. The van der Waals surface area contributed by atoms with Crippen LogP contribution in [-0.2, 0) is 0 Å². The summed E-state index contributed by atoms with van der Waals surface area (Å²) in [5.41, 5.74) is 0. The maximum absolute atomic E-state index is 2.18. The van der Waals surface area contributed by atoms with Gasteiger partial charge < -0.3 is 4.90 Å². The summed E-state index contributed by atoms with van der Waals surface area (Å²) in [6.45, 7) is 3.39. The van der Waals surface area contributed by atoms with E-state index in [1.54, 1.807) is 0 Å². The van der Waals surface area contributed by atoms with Crippen molar-refractivity contribution in [2.45, 2.75) is 13.3 Å². The molecule has 0 N–H and O–H groups in total. The van der Waals surface area contributed by atoms with E-state index < -0.39 is 0 Å². The van der Waals surface area contributed by atoms with Crippen LogP contribution in [-0.4, -0.2) is 36.5 Å². The number of nitrogens with zero attached hydrogens (tertiary/aromatic N) is 1. The molecule has 0 bridgehead atoms. The van der Waals surface area contributed by atoms with Gasteiger partial charge in [0.15, 0.2) is 0 Å². The second-order valence-electron chi connectivity index (χ2n) is 1.80. The first-order chi connectivity index (χ1) is 2.77. The van der Waals surface area contributed by atoms with Crippen molar-refractivity contribution < 1.29 is 0 Å². The Kier molecular flexibility index (Phi) is 9.02. The highest BCUT2D eigenvalue weighted by Gasteiger charge is 1.79. The molecule has 0 amide bonds. The zero-order chi connectivity index (χ0) is 4.99. The number of rotatable bonds is 2. The van der Waals surface area contributed by atoms with Gasteiger partial charge in [-0.3, -0.25) is 0 Å². The first-order valence-corrected chi connectivity index (χ1v) is 2.42. The monoisotopic (exact) mass is 119 g/mol. The maximum Gasteiger partial charge on any atom is -0.00275 e. The fourth-order valence-corrected chi connectivity index (χ4v) is 0.447. The SMILES string of the molecule is CCCN(C)C.[SiH4]. The quantitative estimate of drug-likeness (QED) is 0.443. The third kappa shape index (κ3) is 10.7. The van der Waals surface area contributed by atoms with Crippen molar-refractivity contribution in [3.63, 3.8) is 0 Å². The van der Waals surface area contributed by atoms with Crippen LogP contribution in [0.2, 0.25) is 0 Å². The zero-order valence-corrected chi connectivity index (χ0v) is 4.86. The molecule has 0 radical (unpaired) electrons. The first-order valence-electron chi connectivity index (χ1n) is 2.42. The van der Waals surface area contributed by atoms with Gasteiger partial charge in [-0.05, 0) is 38.0 Å². The molecule has 0 saturated heterocycles. The number of hydrogen-bond donors (Lipinski definition) is 0. The Hall–Kier alpha value is 0.177. The summed E-state index contributed by atoms with van der Waals surface area (Å²) in [6.07, 6.45) is 1.26. The van der Waals surface area contributed by atoms with Crippen LogP contribution in [0.4, 0.5) is 0 Å². The molecule has 0 spiro atoms. The van der Waals surface area contributed by atoms with Crippen molar-refractivity contribution >= 4 is 11.0 Å². The summed E-state index contributed by atoms with van der Waals surface area (Å²) in [6, 6.07) is 0. The highest BCUT2D eigenvalue weighted by atomic mass is 28.1. The summed E-state index contributed by atoms with van der Waals surface area (Å²) in [5, 5.41) is 0. The van der Waals surface area contributed by atoms with Crippen molar-refractivity contribution in [1.29, 1.82) is 0 Å². The lowest BCUT2D eigenvalue weighted by Gasteiger charge is -2.03. The molecular weight excluding hydrogens is 102 g/mol. The van der Waals surface area contributed by atoms with Crippen molar-refractivity contribution in [3.05, 3.63) is 0 Å². The topological polar surface area (TPSA) is 3.24 Å². The Balaban J connectivity index is 0. The molecule has 2 heteroatoms. The van der Waals surface area contributed by atoms with Gasteiger partial charge in [-0.25, -0.2) is 0 Å². The predicted molar refractivity (Wildman–Crippen MR) is 40.2 cm³/mol. The van der Waals surface area contributed by atoms with Gasteiger partial charge in [-0.1, -0.05) is 6.92 Å². The molecule has 0 fully saturated rings. The van der Waals surface area contributed by atoms with E-state index in [0.29, 0.717) is 0 Å². The predicted octanol–water partition coefficient (Wildman–Crippen LogP) is -0.494. The molecule has 46 valence electrons. The minimum Gasteiger partial charge on any atom is -0.309 e. The molecule has 0 heterocycles. The third-order valence-electron chi connectivity index (χ3n) is 0.671. The molecule has 0 saturated carbocycles. The normalized spacial score (nSPS) is 8.57. The summed E-state index contributed by atoms with van der Waals surface area (Å²) in [7, 11) is 4.17. The summed E-state index contributed by atoms with van der Waals surface area (Å²) < 4.78 is 0. The van der Waals surface area contributed by atoms with Crippen LogP contribution in [0.15, 0.2) is 0 Å². The van der Waals surface area contributed by atoms with E-state index in [4.69, 9.17) is 0 Å². The fourth-order valence-electron chi connectivity index (χ4n) is 0.447. The molecule has 0 rings (SSSR count). The minimum absolute atomic E-state index is 0. The molecule has 0 aliphatic carbocycles. The van der Waals surface area contributed by atoms with E-state index in [9.17, 15) is 0 Å². The van der Waals surface area contributed by atoms with E-state index >= 15 is 0 Å². The van der Waals surface area contributed by atoms with Gasteiger partial charge in [0.1, 0.15) is 0 Å². The zero-order valence-electron chi connectivity index (χ0n) is 4.86. The lowest BCUT2D eigenvalue weighted by atomic mass is 10.5. The smallest absolute Gasteiger partial charge is 0.00275 e. The highest BCUT2D eigenvalue weighted by molar-refractivity contribution is 5.75. The van der Waals surface area contributed by atoms with Gasteiger partial charge in [0.05, 0.1) is 0 Å². The van der Waals surface area contributed by atoms with Gasteiger partial charge in [0.25, 0.3) is 0 Å². The van der Waals surface area contributed by atoms with Crippen molar-refractivity contribution in [3.8, 4) is 0 Å². The van der Waals surface area contributed by atoms with Crippen LogP contribution in [0.5, 0.6) is 0 Å². The second-order valence-corrected chi connectivity index (χ2v) is 1.80. The van der Waals surface area contributed by atoms with Crippen LogP contribution < -0.4 is 0 Å². The van der Waals surface area contributed by atoms with Crippen LogP contribution in [0.25, 0.3) is 0 Å². The highest BCUT2D eigenvalue weighted by Crippen LogP contribution is 1.76. The fraction of sp³-hybridized carbons (Fsp3) is 1.00. The molecule has 0 aliphatic heterocycles. The lowest BCUT2D eigenvalue weighted by Crippen LogP contribution is -2.11. The summed E-state index contributed by atoms with van der Waals surface area (Å²) in [4.78, 5) is 2.18. The minimum atomic E-state index is 0. The van der Waals surface area contributed by atoms with Crippen LogP contribution in [0.1, 0.15) is 13.3 Å². The van der Waals surface area contributed by atoms with E-state index in [0.717, 1.165) is 0 Å². The molecule has 0 aliphatic rings. The maximum atomic E-state index is 2.18. The van der Waals surface area contributed by atoms with Gasteiger partial charge >= 0.3 is 0 Å². The average molecular weight is 119 g/mol. The number of hydrogen-bond acceptors (Lipinski definition) is 1. The van der Waals surface area contributed by atoms with Crippen LogP contribution >= 0.6 is 0 Å². The Labute approximate surface area is 50.7 Å². The third-order valence-corrected chi connectivity index (χ3v) is 0.671. The summed E-state index contributed by atoms with van der Waals surface area (Å²) in [5.74, 6) is 0. The van der Waals surface area contributed by atoms with Crippen LogP contribution in [0.3, 0.4) is 0 Å². The van der Waals surface area contributed by atoms with E-state index in [2.05, 4.69) is 25.9 Å². The molecule has 0 unspecified atom stereocenters. The molecule has 7 heavy (non-hydrogen) atoms. The molecule has 0 atom stereocenters. The van der Waals surface area contributed by atoms with Gasteiger partial charge in [-0.2, -0.15) is 0 Å². The first kappa shape index (κ1) is 10.2.